The fourth-order valence-corrected chi connectivity index (χ4v) is 4.45. The number of nitrogens with zero attached hydrogens (tertiary/aromatic N) is 6. The summed E-state index contributed by atoms with van der Waals surface area (Å²) in [5.74, 6) is 0. The van der Waals surface area contributed by atoms with Crippen molar-refractivity contribution >= 4 is 0 Å². The number of aliphatic hydroxyl groups excluding tert-OH is 7. The smallest absolute Gasteiger partial charge is 0.180 e. The molecule has 200 valence electrons. The molecule has 5 rings (SSSR count). The Morgan fingerprint density at radius 3 is 1.84 bits per heavy atom. The highest BCUT2D eigenvalue weighted by molar-refractivity contribution is 5.65. The van der Waals surface area contributed by atoms with Crippen molar-refractivity contribution in [3.63, 3.8) is 0 Å². The molecule has 37 heavy (non-hydrogen) atoms. The van der Waals surface area contributed by atoms with Gasteiger partial charge in [0.2, 0.25) is 0 Å². The van der Waals surface area contributed by atoms with Crippen LogP contribution in [0.5, 0.6) is 0 Å². The van der Waals surface area contributed by atoms with E-state index in [-0.39, 0.29) is 6.42 Å². The maximum Gasteiger partial charge on any atom is 0.180 e. The summed E-state index contributed by atoms with van der Waals surface area (Å²) in [4.78, 5) is 0. The quantitative estimate of drug-likeness (QED) is 0.174. The Labute approximate surface area is 209 Å². The third kappa shape index (κ3) is 4.88. The van der Waals surface area contributed by atoms with E-state index in [9.17, 15) is 35.7 Å². The van der Waals surface area contributed by atoms with Crippen LogP contribution in [-0.4, -0.2) is 122 Å². The molecule has 0 spiro atoms. The summed E-state index contributed by atoms with van der Waals surface area (Å²) in [6, 6.07) is 7.12. The summed E-state index contributed by atoms with van der Waals surface area (Å²) in [7, 11) is 0. The predicted molar refractivity (Wildman–Crippen MR) is 121 cm³/mol. The van der Waals surface area contributed by atoms with Crippen LogP contribution in [0.15, 0.2) is 36.7 Å². The van der Waals surface area contributed by atoms with E-state index in [0.29, 0.717) is 17.0 Å². The Morgan fingerprint density at radius 1 is 0.703 bits per heavy atom. The van der Waals surface area contributed by atoms with Gasteiger partial charge in [0.05, 0.1) is 31.7 Å². The number of hydrogen-bond acceptors (Lipinski definition) is 13. The second-order valence-corrected chi connectivity index (χ2v) is 9.07. The highest BCUT2D eigenvalue weighted by Gasteiger charge is 2.44. The van der Waals surface area contributed by atoms with Crippen molar-refractivity contribution in [2.24, 2.45) is 0 Å². The van der Waals surface area contributed by atoms with Crippen LogP contribution < -0.4 is 0 Å². The fourth-order valence-electron chi connectivity index (χ4n) is 4.45. The first-order chi connectivity index (χ1) is 17.8. The lowest BCUT2D eigenvalue weighted by Gasteiger charge is -2.39. The van der Waals surface area contributed by atoms with E-state index >= 15 is 0 Å². The van der Waals surface area contributed by atoms with E-state index in [1.807, 2.05) is 0 Å². The molecule has 9 atom stereocenters. The number of rotatable bonds is 6. The number of aliphatic hydroxyl groups is 7. The van der Waals surface area contributed by atoms with E-state index in [4.69, 9.17) is 9.47 Å². The maximum absolute atomic E-state index is 10.3. The van der Waals surface area contributed by atoms with Crippen LogP contribution in [0.4, 0.5) is 0 Å². The molecular weight excluding hydrogens is 492 g/mol. The molecular formula is C22H28N6O9. The van der Waals surface area contributed by atoms with E-state index in [1.54, 1.807) is 30.5 Å². The molecule has 1 aromatic carbocycles. The van der Waals surface area contributed by atoms with Crippen molar-refractivity contribution in [3.8, 4) is 22.5 Å². The van der Waals surface area contributed by atoms with Crippen molar-refractivity contribution in [3.05, 3.63) is 36.7 Å². The summed E-state index contributed by atoms with van der Waals surface area (Å²) in [6.07, 6.45) is -7.36. The van der Waals surface area contributed by atoms with Gasteiger partial charge in [0.1, 0.15) is 48.0 Å². The van der Waals surface area contributed by atoms with Gasteiger partial charge in [-0.1, -0.05) is 34.7 Å². The normalized spacial score (nSPS) is 34.5. The Kier molecular flexibility index (Phi) is 7.30. The summed E-state index contributed by atoms with van der Waals surface area (Å²) in [5.41, 5.74) is 2.39. The predicted octanol–water partition coefficient (Wildman–Crippen LogP) is -2.82. The van der Waals surface area contributed by atoms with E-state index < -0.39 is 68.4 Å². The van der Waals surface area contributed by atoms with Crippen LogP contribution >= 0.6 is 0 Å². The second kappa shape index (κ2) is 10.5. The molecule has 0 bridgehead atoms. The van der Waals surface area contributed by atoms with Gasteiger partial charge in [0.15, 0.2) is 12.5 Å². The SMILES string of the molecule is OC[C@H]1O[C@H](n2cc(-c3ccc(-c4cn([C@@H]5C[C@@H](O)[C@H](O)[C@@H](CO)O5)nn4)cc3)nn2)[C@@H](O)[C@@H](O)[C@@H]1O. The summed E-state index contributed by atoms with van der Waals surface area (Å²) in [6.45, 7) is -0.995. The van der Waals surface area contributed by atoms with E-state index in [0.717, 1.165) is 5.56 Å². The molecule has 2 aliphatic rings. The molecule has 0 saturated carbocycles. The summed E-state index contributed by atoms with van der Waals surface area (Å²) >= 11 is 0. The summed E-state index contributed by atoms with van der Waals surface area (Å²) in [5, 5.41) is 85.2. The van der Waals surface area contributed by atoms with E-state index in [2.05, 4.69) is 20.6 Å². The van der Waals surface area contributed by atoms with Gasteiger partial charge in [-0.2, -0.15) is 0 Å². The largest absolute Gasteiger partial charge is 0.394 e. The first kappa shape index (κ1) is 25.8. The van der Waals surface area contributed by atoms with Crippen LogP contribution in [0.25, 0.3) is 22.5 Å². The lowest BCUT2D eigenvalue weighted by atomic mass is 9.98. The van der Waals surface area contributed by atoms with Gasteiger partial charge in [-0.15, -0.1) is 10.2 Å². The number of aromatic nitrogens is 6. The average Bonchev–Trinajstić information content (AvgIpc) is 3.60. The Balaban J connectivity index is 1.29. The molecule has 7 N–H and O–H groups in total. The third-order valence-electron chi connectivity index (χ3n) is 6.65. The number of benzene rings is 1. The molecule has 2 fully saturated rings. The molecule has 2 aromatic heterocycles. The van der Waals surface area contributed by atoms with Gasteiger partial charge in [0, 0.05) is 17.5 Å². The first-order valence-electron chi connectivity index (χ1n) is 11.7. The standard InChI is InChI=1S/C22H28N6O9/c29-8-15-18(32)14(31)5-17(36-15)27-6-12(23-25-27)10-1-3-11(4-2-10)13-7-28(26-24-13)22-21(35)20(34)19(33)16(9-30)37-22/h1-4,6-7,14-22,29-35H,5,8-9H2/t14-,15-,16-,17+,18+,19-,20+,21+,22+/m1/s1. The van der Waals surface area contributed by atoms with Crippen molar-refractivity contribution in [1.82, 2.24) is 30.0 Å². The topological polar surface area (TPSA) is 221 Å². The molecule has 2 saturated heterocycles. The minimum absolute atomic E-state index is 0.0868. The van der Waals surface area contributed by atoms with Gasteiger partial charge < -0.3 is 45.2 Å². The highest BCUT2D eigenvalue weighted by Crippen LogP contribution is 2.31. The van der Waals surface area contributed by atoms with Crippen LogP contribution in [0.1, 0.15) is 18.9 Å². The lowest BCUT2D eigenvalue weighted by Crippen LogP contribution is -2.56. The van der Waals surface area contributed by atoms with Crippen LogP contribution in [0, 0.1) is 0 Å². The van der Waals surface area contributed by atoms with Crippen molar-refractivity contribution in [2.75, 3.05) is 13.2 Å². The zero-order valence-electron chi connectivity index (χ0n) is 19.4. The van der Waals surface area contributed by atoms with Gasteiger partial charge in [-0.3, -0.25) is 0 Å². The van der Waals surface area contributed by atoms with Gasteiger partial charge in [0.25, 0.3) is 0 Å². The minimum atomic E-state index is -1.53. The highest BCUT2D eigenvalue weighted by atomic mass is 16.6. The summed E-state index contributed by atoms with van der Waals surface area (Å²) < 4.78 is 13.8. The Morgan fingerprint density at radius 2 is 1.24 bits per heavy atom. The zero-order chi connectivity index (χ0) is 26.3. The van der Waals surface area contributed by atoms with Crippen LogP contribution in [0.3, 0.4) is 0 Å². The average molecular weight is 520 g/mol. The first-order valence-corrected chi connectivity index (χ1v) is 11.7. The third-order valence-corrected chi connectivity index (χ3v) is 6.65. The van der Waals surface area contributed by atoms with Crippen molar-refractivity contribution in [2.45, 2.75) is 61.6 Å². The zero-order valence-corrected chi connectivity index (χ0v) is 19.4. The maximum atomic E-state index is 10.3. The Bertz CT molecular complexity index is 1190. The van der Waals surface area contributed by atoms with Gasteiger partial charge >= 0.3 is 0 Å². The van der Waals surface area contributed by atoms with Crippen LogP contribution in [0.2, 0.25) is 0 Å². The molecule has 3 aromatic rings. The van der Waals surface area contributed by atoms with Crippen molar-refractivity contribution < 1.29 is 45.2 Å². The van der Waals surface area contributed by atoms with E-state index in [1.165, 1.54) is 15.6 Å². The fraction of sp³-hybridized carbons (Fsp3) is 0.545. The molecule has 0 unspecified atom stereocenters. The molecule has 2 aliphatic heterocycles. The van der Waals surface area contributed by atoms with Crippen LogP contribution in [-0.2, 0) is 9.47 Å². The number of hydrogen-bond donors (Lipinski definition) is 7. The van der Waals surface area contributed by atoms with Crippen molar-refractivity contribution in [1.29, 1.82) is 0 Å². The van der Waals surface area contributed by atoms with Gasteiger partial charge in [-0.05, 0) is 0 Å². The molecule has 0 amide bonds. The van der Waals surface area contributed by atoms with Gasteiger partial charge in [-0.25, -0.2) is 9.36 Å². The Hall–Kier alpha value is -2.86. The molecule has 0 aliphatic carbocycles. The molecule has 4 heterocycles. The molecule has 15 nitrogen and oxygen atoms in total. The lowest BCUT2D eigenvalue weighted by molar-refractivity contribution is -0.254. The molecule has 0 radical (unpaired) electrons. The number of ether oxygens (including phenoxy) is 2. The monoisotopic (exact) mass is 520 g/mol. The molecule has 15 heteroatoms. The second-order valence-electron chi connectivity index (χ2n) is 9.07. The minimum Gasteiger partial charge on any atom is -0.394 e.